The second-order valence-electron chi connectivity index (χ2n) is 6.51. The molecule has 7 heteroatoms. The van der Waals surface area contributed by atoms with Crippen LogP contribution in [0.1, 0.15) is 47.0 Å². The highest BCUT2D eigenvalue weighted by Gasteiger charge is 2.22. The second kappa shape index (κ2) is 7.54. The Kier molecular flexibility index (Phi) is 5.34. The van der Waals surface area contributed by atoms with Crippen LogP contribution in [0.15, 0.2) is 46.9 Å². The number of carbonyl (C=O) groups is 1. The first kappa shape index (κ1) is 19.1. The number of anilines is 1. The number of unbranched alkanes of at least 4 members (excludes halogenated alkanes) is 1. The minimum atomic E-state index is -4.12. The average molecular weight is 387 g/mol. The molecule has 27 heavy (non-hydrogen) atoms. The fourth-order valence-corrected chi connectivity index (χ4v) is 3.65. The van der Waals surface area contributed by atoms with Crippen molar-refractivity contribution in [2.45, 2.75) is 31.9 Å². The van der Waals surface area contributed by atoms with Gasteiger partial charge in [0.15, 0.2) is 5.78 Å². The summed E-state index contributed by atoms with van der Waals surface area (Å²) < 4.78 is 36.8. The van der Waals surface area contributed by atoms with Crippen LogP contribution in [0.2, 0.25) is 0 Å². The fourth-order valence-electron chi connectivity index (χ4n) is 3.04. The zero-order valence-electron chi connectivity index (χ0n) is 14.9. The van der Waals surface area contributed by atoms with E-state index in [1.165, 1.54) is 12.1 Å². The van der Waals surface area contributed by atoms with Crippen molar-refractivity contribution >= 4 is 32.6 Å². The molecule has 0 spiro atoms. The molecular weight excluding hydrogens is 366 g/mol. The molecule has 1 heterocycles. The van der Waals surface area contributed by atoms with Crippen molar-refractivity contribution in [1.29, 1.82) is 0 Å². The van der Waals surface area contributed by atoms with Gasteiger partial charge in [0.25, 0.3) is 10.1 Å². The van der Waals surface area contributed by atoms with Crippen molar-refractivity contribution in [1.82, 2.24) is 0 Å². The Morgan fingerprint density at radius 3 is 2.48 bits per heavy atom. The zero-order chi connectivity index (χ0) is 19.6. The number of ketones is 1. The maximum Gasteiger partial charge on any atom is 0.269 e. The number of rotatable bonds is 7. The average Bonchev–Trinajstić information content (AvgIpc) is 2.96. The van der Waals surface area contributed by atoms with Crippen molar-refractivity contribution in [3.05, 3.63) is 64.9 Å². The minimum Gasteiger partial charge on any atom is -0.460 e. The zero-order valence-corrected chi connectivity index (χ0v) is 15.8. The van der Waals surface area contributed by atoms with Crippen LogP contribution in [0.5, 0.6) is 0 Å². The van der Waals surface area contributed by atoms with Crippen molar-refractivity contribution < 1.29 is 22.2 Å². The second-order valence-corrected chi connectivity index (χ2v) is 7.96. The van der Waals surface area contributed by atoms with Gasteiger partial charge in [0.1, 0.15) is 17.1 Å². The van der Waals surface area contributed by atoms with Crippen LogP contribution in [0.25, 0.3) is 11.0 Å². The predicted octanol–water partition coefficient (Wildman–Crippen LogP) is 3.98. The smallest absolute Gasteiger partial charge is 0.269 e. The Balaban J connectivity index is 2.02. The van der Waals surface area contributed by atoms with Crippen molar-refractivity contribution in [3.8, 4) is 0 Å². The fraction of sp³-hybridized carbons (Fsp3) is 0.250. The van der Waals surface area contributed by atoms with E-state index in [4.69, 9.17) is 14.7 Å². The highest BCUT2D eigenvalue weighted by molar-refractivity contribution is 7.85. The van der Waals surface area contributed by atoms with Gasteiger partial charge in [-0.3, -0.25) is 9.35 Å². The van der Waals surface area contributed by atoms with Gasteiger partial charge in [-0.2, -0.15) is 8.42 Å². The van der Waals surface area contributed by atoms with E-state index in [9.17, 15) is 13.2 Å². The van der Waals surface area contributed by atoms with Gasteiger partial charge in [0.05, 0.1) is 5.56 Å². The number of nitrogens with two attached hydrogens (primary N) is 1. The molecule has 0 fully saturated rings. The van der Waals surface area contributed by atoms with Gasteiger partial charge in [-0.15, -0.1) is 0 Å². The van der Waals surface area contributed by atoms with E-state index in [1.807, 2.05) is 0 Å². The summed E-state index contributed by atoms with van der Waals surface area (Å²) in [6.07, 6.45) is 2.51. The molecule has 0 saturated heterocycles. The summed E-state index contributed by atoms with van der Waals surface area (Å²) in [6.45, 7) is 2.07. The first-order chi connectivity index (χ1) is 12.8. The van der Waals surface area contributed by atoms with Gasteiger partial charge in [0.2, 0.25) is 0 Å². The summed E-state index contributed by atoms with van der Waals surface area (Å²) >= 11 is 0. The third kappa shape index (κ3) is 4.37. The van der Waals surface area contributed by atoms with E-state index < -0.39 is 15.9 Å². The molecule has 3 N–H and O–H groups in total. The predicted molar refractivity (Wildman–Crippen MR) is 104 cm³/mol. The molecule has 6 nitrogen and oxygen atoms in total. The van der Waals surface area contributed by atoms with Crippen LogP contribution in [-0.2, 0) is 22.3 Å². The van der Waals surface area contributed by atoms with Crippen LogP contribution in [-0.4, -0.2) is 18.8 Å². The number of carbonyl (C=O) groups excluding carboxylic acids is 1. The first-order valence-electron chi connectivity index (χ1n) is 8.68. The van der Waals surface area contributed by atoms with Crippen LogP contribution < -0.4 is 5.73 Å². The molecule has 0 radical (unpaired) electrons. The Bertz CT molecular complexity index is 1080. The normalized spacial score (nSPS) is 11.8. The molecule has 142 valence electrons. The highest BCUT2D eigenvalue weighted by atomic mass is 32.2. The Labute approximate surface area is 157 Å². The molecule has 2 aromatic carbocycles. The molecular formula is C20H21NO5S. The lowest BCUT2D eigenvalue weighted by Gasteiger charge is -2.05. The van der Waals surface area contributed by atoms with Gasteiger partial charge in [-0.25, -0.2) is 0 Å². The summed E-state index contributed by atoms with van der Waals surface area (Å²) in [6, 6.07) is 11.4. The Morgan fingerprint density at radius 1 is 1.15 bits per heavy atom. The summed E-state index contributed by atoms with van der Waals surface area (Å²) in [4.78, 5) is 13.1. The molecule has 0 saturated carbocycles. The van der Waals surface area contributed by atoms with Crippen LogP contribution in [0.3, 0.4) is 0 Å². The first-order valence-corrected chi connectivity index (χ1v) is 10.3. The van der Waals surface area contributed by atoms with E-state index in [0.29, 0.717) is 45.5 Å². The summed E-state index contributed by atoms with van der Waals surface area (Å²) in [5.41, 5.74) is 8.35. The number of hydrogen-bond acceptors (Lipinski definition) is 5. The molecule has 0 unspecified atom stereocenters. The monoisotopic (exact) mass is 387 g/mol. The number of aryl methyl sites for hydroxylation is 1. The topological polar surface area (TPSA) is 111 Å². The third-order valence-electron chi connectivity index (χ3n) is 4.33. The maximum atomic E-state index is 13.1. The number of benzene rings is 2. The Hall–Kier alpha value is -2.64. The van der Waals surface area contributed by atoms with Crippen molar-refractivity contribution in [2.24, 2.45) is 0 Å². The van der Waals surface area contributed by atoms with E-state index in [1.54, 1.807) is 30.3 Å². The van der Waals surface area contributed by atoms with Crippen molar-refractivity contribution in [3.63, 3.8) is 0 Å². The van der Waals surface area contributed by atoms with Crippen LogP contribution >= 0.6 is 0 Å². The number of fused-ring (bicyclic) bond motifs is 1. The lowest BCUT2D eigenvalue weighted by Crippen LogP contribution is -2.05. The molecule has 0 amide bonds. The highest BCUT2D eigenvalue weighted by Crippen LogP contribution is 2.31. The lowest BCUT2D eigenvalue weighted by molar-refractivity contribution is 0.103. The Morgan fingerprint density at radius 2 is 1.85 bits per heavy atom. The number of hydrogen-bond donors (Lipinski definition) is 2. The summed E-state index contributed by atoms with van der Waals surface area (Å²) in [5, 5.41) is 0.674. The molecule has 0 aliphatic heterocycles. The molecule has 0 bridgehead atoms. The summed E-state index contributed by atoms with van der Waals surface area (Å²) in [5.74, 6) is -0.0673. The van der Waals surface area contributed by atoms with E-state index >= 15 is 0 Å². The lowest BCUT2D eigenvalue weighted by atomic mass is 9.97. The minimum absolute atomic E-state index is 0.205. The SMILES string of the molecule is CCCCc1oc2ccc(N)cc2c1C(=O)c1ccc(CS(=O)(=O)O)cc1. The molecule has 3 rings (SSSR count). The van der Waals surface area contributed by atoms with Gasteiger partial charge >= 0.3 is 0 Å². The number of nitrogen functional groups attached to an aromatic ring is 1. The van der Waals surface area contributed by atoms with E-state index in [2.05, 4.69) is 6.92 Å². The van der Waals surface area contributed by atoms with Gasteiger partial charge in [-0.1, -0.05) is 37.6 Å². The standard InChI is InChI=1S/C20H21NO5S/c1-2-3-4-18-19(16-11-15(21)9-10-17(16)26-18)20(22)14-7-5-13(6-8-14)12-27(23,24)25/h5-11H,2-4,12,21H2,1H3,(H,23,24,25). The largest absolute Gasteiger partial charge is 0.460 e. The van der Waals surface area contributed by atoms with Gasteiger partial charge in [0, 0.05) is 23.1 Å². The maximum absolute atomic E-state index is 13.1. The molecule has 0 aliphatic rings. The number of furan rings is 1. The van der Waals surface area contributed by atoms with Crippen molar-refractivity contribution in [2.75, 3.05) is 5.73 Å². The summed E-state index contributed by atoms with van der Waals surface area (Å²) in [7, 11) is -4.12. The molecule has 3 aromatic rings. The van der Waals surface area contributed by atoms with Crippen LogP contribution in [0, 0.1) is 0 Å². The van der Waals surface area contributed by atoms with Gasteiger partial charge < -0.3 is 10.2 Å². The van der Waals surface area contributed by atoms with Gasteiger partial charge in [-0.05, 0) is 30.2 Å². The molecule has 1 aromatic heterocycles. The van der Waals surface area contributed by atoms with Crippen LogP contribution in [0.4, 0.5) is 5.69 Å². The molecule has 0 atom stereocenters. The van der Waals surface area contributed by atoms with E-state index in [0.717, 1.165) is 12.8 Å². The molecule has 0 aliphatic carbocycles. The van der Waals surface area contributed by atoms with E-state index in [-0.39, 0.29) is 5.78 Å². The quantitative estimate of drug-likeness (QED) is 0.360. The third-order valence-corrected chi connectivity index (χ3v) is 5.03.